The summed E-state index contributed by atoms with van der Waals surface area (Å²) >= 11 is 0. The Bertz CT molecular complexity index is 554. The second-order valence-electron chi connectivity index (χ2n) is 4.13. The molecule has 1 aliphatic heterocycles. The number of methoxy groups -OCH3 is 2. The van der Waals surface area contributed by atoms with Gasteiger partial charge in [0, 0.05) is 14.2 Å². The van der Waals surface area contributed by atoms with Crippen molar-refractivity contribution >= 4 is 20.8 Å². The Morgan fingerprint density at radius 1 is 1.05 bits per heavy atom. The molecule has 0 saturated carbocycles. The van der Waals surface area contributed by atoms with Crippen LogP contribution < -0.4 is 0 Å². The third-order valence-electron chi connectivity index (χ3n) is 2.73. The van der Waals surface area contributed by atoms with Gasteiger partial charge in [-0.1, -0.05) is 0 Å². The predicted molar refractivity (Wildman–Crippen MR) is 62.7 cm³/mol. The van der Waals surface area contributed by atoms with Crippen LogP contribution in [0.4, 0.5) is 0 Å². The highest BCUT2D eigenvalue weighted by atomic mass is 32.3. The smallest absolute Gasteiger partial charge is 0.218 e. The van der Waals surface area contributed by atoms with E-state index in [-0.39, 0.29) is 0 Å². The Balaban J connectivity index is 2.93. The van der Waals surface area contributed by atoms with E-state index in [4.69, 9.17) is 14.2 Å². The van der Waals surface area contributed by atoms with Crippen LogP contribution >= 0.6 is 0 Å². The van der Waals surface area contributed by atoms with Gasteiger partial charge in [-0.05, 0) is 0 Å². The molecule has 12 nitrogen and oxygen atoms in total. The molecule has 0 aliphatic carbocycles. The van der Waals surface area contributed by atoms with Crippen LogP contribution in [0, 0.1) is 0 Å². The third kappa shape index (κ3) is 5.65. The second-order valence-corrected chi connectivity index (χ2v) is 6.19. The minimum Gasteiger partial charge on any atom is -0.726 e. The van der Waals surface area contributed by atoms with E-state index in [0.29, 0.717) is 0 Å². The molecule has 5 atom stereocenters. The van der Waals surface area contributed by atoms with Crippen molar-refractivity contribution in [2.24, 2.45) is 0 Å². The summed E-state index contributed by atoms with van der Waals surface area (Å²) in [6, 6.07) is 0. The summed E-state index contributed by atoms with van der Waals surface area (Å²) < 4.78 is 86.1. The molecule has 0 amide bonds. The Morgan fingerprint density at radius 3 is 2.05 bits per heavy atom. The van der Waals surface area contributed by atoms with Gasteiger partial charge in [-0.2, -0.15) is 0 Å². The summed E-state index contributed by atoms with van der Waals surface area (Å²) in [5, 5.41) is 10.00. The highest BCUT2D eigenvalue weighted by Gasteiger charge is 2.48. The van der Waals surface area contributed by atoms with Crippen molar-refractivity contribution in [3.63, 3.8) is 0 Å². The van der Waals surface area contributed by atoms with Crippen LogP contribution in [-0.4, -0.2) is 82.6 Å². The number of ether oxygens (including phenoxy) is 3. The lowest BCUT2D eigenvalue weighted by Gasteiger charge is -2.42. The fraction of sp³-hybridized carbons (Fsp3) is 1.00. The zero-order valence-corrected chi connectivity index (χ0v) is 13.0. The van der Waals surface area contributed by atoms with E-state index in [1.165, 1.54) is 0 Å². The number of hydrogen-bond donors (Lipinski definition) is 1. The molecule has 0 unspecified atom stereocenters. The maximum absolute atomic E-state index is 10.7. The van der Waals surface area contributed by atoms with Gasteiger partial charge in [0.25, 0.3) is 0 Å². The van der Waals surface area contributed by atoms with E-state index >= 15 is 0 Å². The number of aliphatic hydroxyl groups is 1. The fourth-order valence-corrected chi connectivity index (χ4v) is 2.68. The predicted octanol–water partition coefficient (Wildman–Crippen LogP) is -2.94. The minimum absolute atomic E-state index is 0.821. The molecule has 0 radical (unpaired) electrons. The van der Waals surface area contributed by atoms with E-state index in [2.05, 4.69) is 8.37 Å². The van der Waals surface area contributed by atoms with Crippen molar-refractivity contribution in [2.75, 3.05) is 20.8 Å². The molecule has 0 aromatic heterocycles. The minimum atomic E-state index is -5.19. The molecular weight excluding hydrogens is 352 g/mol. The molecule has 1 N–H and O–H groups in total. The molecule has 0 spiro atoms. The third-order valence-corrected chi connectivity index (χ3v) is 3.61. The van der Waals surface area contributed by atoms with Gasteiger partial charge in [-0.3, -0.25) is 8.37 Å². The molecule has 0 bridgehead atoms. The quantitative estimate of drug-likeness (QED) is 0.358. The average molecular weight is 366 g/mol. The van der Waals surface area contributed by atoms with Crippen LogP contribution in [0.1, 0.15) is 0 Å². The lowest BCUT2D eigenvalue weighted by atomic mass is 9.99. The molecule has 14 heteroatoms. The van der Waals surface area contributed by atoms with E-state index in [0.717, 1.165) is 14.2 Å². The van der Waals surface area contributed by atoms with Gasteiger partial charge in [0.15, 0.2) is 12.4 Å². The van der Waals surface area contributed by atoms with Crippen molar-refractivity contribution in [1.29, 1.82) is 0 Å². The van der Waals surface area contributed by atoms with Crippen LogP contribution in [0.25, 0.3) is 0 Å². The molecule has 132 valence electrons. The summed E-state index contributed by atoms with van der Waals surface area (Å²) in [5.74, 6) is 0. The lowest BCUT2D eigenvalue weighted by molar-refractivity contribution is -0.291. The molecular formula is C8H14O12S2-2. The molecule has 22 heavy (non-hydrogen) atoms. The summed E-state index contributed by atoms with van der Waals surface area (Å²) in [4.78, 5) is 0. The Kier molecular flexibility index (Phi) is 6.63. The zero-order valence-electron chi connectivity index (χ0n) is 11.3. The summed E-state index contributed by atoms with van der Waals surface area (Å²) in [6.45, 7) is -0.821. The standard InChI is InChI=1S/C8H16O12S2/c1-16-6-4(3-18-21(10,11)12)19-8(17-2)7(5(6)9)20-22(13,14)15/h4-9H,3H2,1-2H3,(H,10,11,12)(H,13,14,15)/p-2/t4-,5+,6+,7-,8+/m1/s1. The largest absolute Gasteiger partial charge is 0.726 e. The van der Waals surface area contributed by atoms with Crippen molar-refractivity contribution in [1.82, 2.24) is 0 Å². The topological polar surface area (TPSA) is 181 Å². The highest BCUT2D eigenvalue weighted by molar-refractivity contribution is 7.81. The van der Waals surface area contributed by atoms with Crippen molar-refractivity contribution in [2.45, 2.75) is 30.7 Å². The zero-order chi connectivity index (χ0) is 17.1. The van der Waals surface area contributed by atoms with Crippen LogP contribution in [0.15, 0.2) is 0 Å². The first-order chi connectivity index (χ1) is 9.98. The fourth-order valence-electron chi connectivity index (χ4n) is 1.90. The van der Waals surface area contributed by atoms with Gasteiger partial charge in [0.1, 0.15) is 18.3 Å². The Labute approximate surface area is 126 Å². The van der Waals surface area contributed by atoms with Gasteiger partial charge in [0.2, 0.25) is 20.8 Å². The van der Waals surface area contributed by atoms with Crippen LogP contribution in [0.5, 0.6) is 0 Å². The van der Waals surface area contributed by atoms with Gasteiger partial charge in [0.05, 0.1) is 6.61 Å². The molecule has 1 fully saturated rings. The van der Waals surface area contributed by atoms with Crippen LogP contribution in [-0.2, 0) is 43.4 Å². The first-order valence-electron chi connectivity index (χ1n) is 5.62. The maximum atomic E-state index is 10.7. The maximum Gasteiger partial charge on any atom is 0.218 e. The molecule has 1 rings (SSSR count). The van der Waals surface area contributed by atoms with Crippen molar-refractivity contribution in [3.8, 4) is 0 Å². The normalized spacial score (nSPS) is 33.8. The van der Waals surface area contributed by atoms with Crippen molar-refractivity contribution in [3.05, 3.63) is 0 Å². The van der Waals surface area contributed by atoms with E-state index < -0.39 is 58.1 Å². The van der Waals surface area contributed by atoms with Crippen molar-refractivity contribution < 1.29 is 53.6 Å². The average Bonchev–Trinajstić information content (AvgIpc) is 2.36. The second kappa shape index (κ2) is 7.43. The summed E-state index contributed by atoms with van der Waals surface area (Å²) in [7, 11) is -8.07. The lowest BCUT2D eigenvalue weighted by Crippen LogP contribution is -2.61. The summed E-state index contributed by atoms with van der Waals surface area (Å²) in [6.07, 6.45) is -7.69. The van der Waals surface area contributed by atoms with Gasteiger partial charge >= 0.3 is 0 Å². The Morgan fingerprint density at radius 2 is 1.64 bits per heavy atom. The molecule has 0 aromatic rings. The van der Waals surface area contributed by atoms with E-state index in [1.807, 2.05) is 0 Å². The SMILES string of the molecule is CO[C@H]1O[C@H](COS(=O)(=O)[O-])[C@H](OC)[C@H](O)[C@H]1OS(=O)(=O)[O-]. The monoisotopic (exact) mass is 366 g/mol. The summed E-state index contributed by atoms with van der Waals surface area (Å²) in [5.41, 5.74) is 0. The first-order valence-corrected chi connectivity index (χ1v) is 8.28. The highest BCUT2D eigenvalue weighted by Crippen LogP contribution is 2.27. The van der Waals surface area contributed by atoms with Gasteiger partial charge in [-0.25, -0.2) is 16.8 Å². The van der Waals surface area contributed by atoms with Crippen LogP contribution in [0.3, 0.4) is 0 Å². The molecule has 0 aromatic carbocycles. The van der Waals surface area contributed by atoms with E-state index in [1.54, 1.807) is 0 Å². The van der Waals surface area contributed by atoms with Crippen LogP contribution in [0.2, 0.25) is 0 Å². The molecule has 1 heterocycles. The number of rotatable bonds is 7. The first kappa shape index (κ1) is 19.6. The van der Waals surface area contributed by atoms with Gasteiger partial charge in [-0.15, -0.1) is 0 Å². The molecule has 1 saturated heterocycles. The van der Waals surface area contributed by atoms with Gasteiger partial charge < -0.3 is 28.4 Å². The number of hydrogen-bond acceptors (Lipinski definition) is 12. The Hall–Kier alpha value is -0.420. The molecule has 1 aliphatic rings. The van der Waals surface area contributed by atoms with E-state index in [9.17, 15) is 31.0 Å². The number of aliphatic hydroxyl groups excluding tert-OH is 1.